The van der Waals surface area contributed by atoms with Crippen LogP contribution in [0.2, 0.25) is 0 Å². The van der Waals surface area contributed by atoms with E-state index in [-0.39, 0.29) is 18.2 Å². The molecule has 21 heavy (non-hydrogen) atoms. The minimum atomic E-state index is -0.275. The largest absolute Gasteiger partial charge is 0.497 e. The van der Waals surface area contributed by atoms with Crippen molar-refractivity contribution in [3.05, 3.63) is 29.8 Å². The fraction of sp³-hybridized carbons (Fsp3) is 0.562. The molecular weight excluding hydrogens is 268 g/mol. The zero-order valence-corrected chi connectivity index (χ0v) is 12.5. The summed E-state index contributed by atoms with van der Waals surface area (Å²) in [7, 11) is 1.64. The summed E-state index contributed by atoms with van der Waals surface area (Å²) in [4.78, 5) is 11.8. The normalized spacial score (nSPS) is 21.6. The molecule has 1 aliphatic rings. The van der Waals surface area contributed by atoms with E-state index in [4.69, 9.17) is 4.74 Å². The second-order valence-corrected chi connectivity index (χ2v) is 5.52. The van der Waals surface area contributed by atoms with Gasteiger partial charge in [-0.05, 0) is 49.8 Å². The van der Waals surface area contributed by atoms with Gasteiger partial charge >= 0.3 is 6.03 Å². The highest BCUT2D eigenvalue weighted by Gasteiger charge is 2.21. The fourth-order valence-corrected chi connectivity index (χ4v) is 2.64. The van der Waals surface area contributed by atoms with Gasteiger partial charge in [-0.25, -0.2) is 4.79 Å². The highest BCUT2D eigenvalue weighted by molar-refractivity contribution is 5.74. The summed E-state index contributed by atoms with van der Waals surface area (Å²) in [5.74, 6) is 0.834. The van der Waals surface area contributed by atoms with Gasteiger partial charge in [-0.1, -0.05) is 12.1 Å². The number of rotatable bonds is 5. The van der Waals surface area contributed by atoms with E-state index < -0.39 is 0 Å². The van der Waals surface area contributed by atoms with Crippen molar-refractivity contribution in [1.82, 2.24) is 10.6 Å². The Morgan fingerprint density at radius 2 is 2.10 bits per heavy atom. The number of carbonyl (C=O) groups is 1. The second kappa shape index (κ2) is 7.88. The van der Waals surface area contributed by atoms with Gasteiger partial charge in [-0.2, -0.15) is 0 Å². The van der Waals surface area contributed by atoms with Crippen LogP contribution in [0.15, 0.2) is 24.3 Å². The molecule has 3 N–H and O–H groups in total. The molecule has 0 radical (unpaired) electrons. The molecule has 5 nitrogen and oxygen atoms in total. The molecule has 0 spiro atoms. The first-order valence-corrected chi connectivity index (χ1v) is 7.52. The maximum atomic E-state index is 11.8. The Hall–Kier alpha value is -1.75. The molecule has 0 saturated heterocycles. The molecule has 2 rings (SSSR count). The molecule has 5 heteroatoms. The maximum Gasteiger partial charge on any atom is 0.315 e. The molecule has 0 bridgehead atoms. The van der Waals surface area contributed by atoms with Crippen LogP contribution < -0.4 is 15.4 Å². The van der Waals surface area contributed by atoms with Crippen LogP contribution >= 0.6 is 0 Å². The lowest BCUT2D eigenvalue weighted by Gasteiger charge is -2.26. The average molecular weight is 292 g/mol. The first-order chi connectivity index (χ1) is 10.2. The molecule has 1 aromatic rings. The highest BCUT2D eigenvalue weighted by atomic mass is 16.5. The Kier molecular flexibility index (Phi) is 5.87. The van der Waals surface area contributed by atoms with E-state index in [9.17, 15) is 9.90 Å². The van der Waals surface area contributed by atoms with Crippen molar-refractivity contribution in [2.75, 3.05) is 13.7 Å². The Bertz CT molecular complexity index is 447. The van der Waals surface area contributed by atoms with Gasteiger partial charge in [-0.3, -0.25) is 0 Å². The van der Waals surface area contributed by atoms with E-state index in [1.54, 1.807) is 7.11 Å². The molecule has 0 unspecified atom stereocenters. The first kappa shape index (κ1) is 15.6. The zero-order valence-electron chi connectivity index (χ0n) is 12.5. The van der Waals surface area contributed by atoms with Crippen LogP contribution in [0.5, 0.6) is 5.75 Å². The Labute approximate surface area is 125 Å². The second-order valence-electron chi connectivity index (χ2n) is 5.52. The molecule has 0 aliphatic heterocycles. The third kappa shape index (κ3) is 5.27. The predicted octanol–water partition coefficient (Wildman–Crippen LogP) is 1.84. The lowest BCUT2D eigenvalue weighted by Crippen LogP contribution is -2.45. The molecule has 0 heterocycles. The lowest BCUT2D eigenvalue weighted by molar-refractivity contribution is 0.113. The number of aliphatic hydroxyl groups excluding tert-OH is 1. The van der Waals surface area contributed by atoms with Crippen molar-refractivity contribution in [3.63, 3.8) is 0 Å². The van der Waals surface area contributed by atoms with Crippen LogP contribution in [0, 0.1) is 0 Å². The van der Waals surface area contributed by atoms with E-state index in [1.165, 1.54) is 0 Å². The topological polar surface area (TPSA) is 70.6 Å². The predicted molar refractivity (Wildman–Crippen MR) is 81.5 cm³/mol. The van der Waals surface area contributed by atoms with E-state index in [2.05, 4.69) is 10.6 Å². The van der Waals surface area contributed by atoms with Gasteiger partial charge in [0, 0.05) is 12.6 Å². The van der Waals surface area contributed by atoms with Crippen molar-refractivity contribution in [3.8, 4) is 5.75 Å². The van der Waals surface area contributed by atoms with Gasteiger partial charge in [0.1, 0.15) is 5.75 Å². The van der Waals surface area contributed by atoms with Gasteiger partial charge in [0.05, 0.1) is 13.2 Å². The highest BCUT2D eigenvalue weighted by Crippen LogP contribution is 2.18. The molecule has 0 aromatic heterocycles. The lowest BCUT2D eigenvalue weighted by atomic mass is 9.93. The Morgan fingerprint density at radius 1 is 1.33 bits per heavy atom. The van der Waals surface area contributed by atoms with Crippen LogP contribution in [0.25, 0.3) is 0 Å². The summed E-state index contributed by atoms with van der Waals surface area (Å²) in [6.07, 6.45) is 3.93. The van der Waals surface area contributed by atoms with Crippen molar-refractivity contribution >= 4 is 6.03 Å². The number of urea groups is 1. The van der Waals surface area contributed by atoms with Crippen LogP contribution in [-0.2, 0) is 6.42 Å². The summed E-state index contributed by atoms with van der Waals surface area (Å²) in [6.45, 7) is 0.591. The summed E-state index contributed by atoms with van der Waals surface area (Å²) in [5, 5.41) is 15.4. The smallest absolute Gasteiger partial charge is 0.315 e. The van der Waals surface area contributed by atoms with Crippen LogP contribution in [0.4, 0.5) is 4.79 Å². The van der Waals surface area contributed by atoms with Gasteiger partial charge in [0.25, 0.3) is 0 Å². The average Bonchev–Trinajstić information content (AvgIpc) is 2.48. The SMILES string of the molecule is COc1ccc(CCNC(=O)N[C@H]2CCC[C@@H](O)C2)cc1. The Balaban J connectivity index is 1.66. The maximum absolute atomic E-state index is 11.8. The van der Waals surface area contributed by atoms with Gasteiger partial charge in [0.15, 0.2) is 0 Å². The number of ether oxygens (including phenoxy) is 1. The first-order valence-electron chi connectivity index (χ1n) is 7.52. The molecule has 1 aliphatic carbocycles. The number of amides is 2. The van der Waals surface area contributed by atoms with E-state index in [0.29, 0.717) is 13.0 Å². The van der Waals surface area contributed by atoms with E-state index >= 15 is 0 Å². The summed E-state index contributed by atoms with van der Waals surface area (Å²) < 4.78 is 5.10. The van der Waals surface area contributed by atoms with Gasteiger partial charge < -0.3 is 20.5 Å². The summed E-state index contributed by atoms with van der Waals surface area (Å²) in [6, 6.07) is 7.76. The number of hydrogen-bond acceptors (Lipinski definition) is 3. The molecule has 116 valence electrons. The number of nitrogens with one attached hydrogen (secondary N) is 2. The third-order valence-electron chi connectivity index (χ3n) is 3.84. The molecule has 2 amide bonds. The van der Waals surface area contributed by atoms with Crippen LogP contribution in [-0.4, -0.2) is 36.9 Å². The molecule has 2 atom stereocenters. The third-order valence-corrected chi connectivity index (χ3v) is 3.84. The molecule has 1 saturated carbocycles. The van der Waals surface area contributed by atoms with Crippen LogP contribution in [0.3, 0.4) is 0 Å². The van der Waals surface area contributed by atoms with E-state index in [1.807, 2.05) is 24.3 Å². The molecule has 1 aromatic carbocycles. The van der Waals surface area contributed by atoms with E-state index in [0.717, 1.165) is 37.0 Å². The van der Waals surface area contributed by atoms with Crippen molar-refractivity contribution in [2.24, 2.45) is 0 Å². The van der Waals surface area contributed by atoms with Crippen molar-refractivity contribution in [1.29, 1.82) is 0 Å². The summed E-state index contributed by atoms with van der Waals surface area (Å²) in [5.41, 5.74) is 1.16. The fourth-order valence-electron chi connectivity index (χ4n) is 2.64. The number of benzene rings is 1. The van der Waals surface area contributed by atoms with Crippen molar-refractivity contribution < 1.29 is 14.6 Å². The Morgan fingerprint density at radius 3 is 2.76 bits per heavy atom. The molecular formula is C16H24N2O3. The number of hydrogen-bond donors (Lipinski definition) is 3. The number of methoxy groups -OCH3 is 1. The monoisotopic (exact) mass is 292 g/mol. The molecule has 1 fully saturated rings. The number of carbonyl (C=O) groups excluding carboxylic acids is 1. The number of aliphatic hydroxyl groups is 1. The van der Waals surface area contributed by atoms with Gasteiger partial charge in [0.2, 0.25) is 0 Å². The van der Waals surface area contributed by atoms with Crippen LogP contribution in [0.1, 0.15) is 31.2 Å². The minimum Gasteiger partial charge on any atom is -0.497 e. The van der Waals surface area contributed by atoms with Gasteiger partial charge in [-0.15, -0.1) is 0 Å². The van der Waals surface area contributed by atoms with Crippen molar-refractivity contribution in [2.45, 2.75) is 44.2 Å². The standard InChI is InChI=1S/C16H24N2O3/c1-21-15-7-5-12(6-8-15)9-10-17-16(20)18-13-3-2-4-14(19)11-13/h5-8,13-14,19H,2-4,9-11H2,1H3,(H2,17,18,20)/t13-,14+/m0/s1. The zero-order chi connectivity index (χ0) is 15.1. The summed E-state index contributed by atoms with van der Waals surface area (Å²) >= 11 is 0. The quantitative estimate of drug-likeness (QED) is 0.775. The minimum absolute atomic E-state index is 0.0923.